The van der Waals surface area contributed by atoms with E-state index in [0.29, 0.717) is 37.4 Å². The van der Waals surface area contributed by atoms with Crippen molar-refractivity contribution in [3.63, 3.8) is 0 Å². The average Bonchev–Trinajstić information content (AvgIpc) is 3.25. The SMILES string of the molecule is NC1NCNC2C1CCN2[C@@H]1O[C@H]([C@@H]2OCCc3cc(F)c(F)cc32)[C@@H](O)[C@H]1O. The predicted molar refractivity (Wildman–Crippen MR) is 97.1 cm³/mol. The Bertz CT molecular complexity index is 787. The zero-order chi connectivity index (χ0) is 20.3. The molecule has 10 heteroatoms. The van der Waals surface area contributed by atoms with Gasteiger partial charge in [0.15, 0.2) is 11.6 Å². The Morgan fingerprint density at radius 3 is 2.76 bits per heavy atom. The van der Waals surface area contributed by atoms with Gasteiger partial charge in [-0.25, -0.2) is 8.78 Å². The molecule has 0 saturated carbocycles. The van der Waals surface area contributed by atoms with E-state index in [1.54, 1.807) is 0 Å². The topological polar surface area (TPSA) is 112 Å². The highest BCUT2D eigenvalue weighted by atomic mass is 19.2. The van der Waals surface area contributed by atoms with Crippen molar-refractivity contribution in [3.05, 3.63) is 34.9 Å². The van der Waals surface area contributed by atoms with Gasteiger partial charge in [0.05, 0.1) is 18.9 Å². The zero-order valence-electron chi connectivity index (χ0n) is 15.8. The van der Waals surface area contributed by atoms with Gasteiger partial charge in [0, 0.05) is 19.1 Å². The molecule has 8 nitrogen and oxygen atoms in total. The maximum absolute atomic E-state index is 13.9. The number of likely N-dealkylation sites (tertiary alicyclic amines) is 1. The quantitative estimate of drug-likeness (QED) is 0.425. The van der Waals surface area contributed by atoms with E-state index in [1.807, 2.05) is 4.90 Å². The summed E-state index contributed by atoms with van der Waals surface area (Å²) in [5, 5.41) is 28.0. The van der Waals surface area contributed by atoms with Crippen LogP contribution >= 0.6 is 0 Å². The monoisotopic (exact) mass is 412 g/mol. The summed E-state index contributed by atoms with van der Waals surface area (Å²) >= 11 is 0. The van der Waals surface area contributed by atoms with E-state index >= 15 is 0 Å². The number of nitrogens with one attached hydrogen (secondary N) is 2. The number of ether oxygens (including phenoxy) is 2. The van der Waals surface area contributed by atoms with Crippen LogP contribution in [0.2, 0.25) is 0 Å². The highest BCUT2D eigenvalue weighted by Crippen LogP contribution is 2.41. The molecule has 1 aromatic rings. The van der Waals surface area contributed by atoms with Crippen LogP contribution in [0, 0.1) is 17.6 Å². The Balaban J connectivity index is 1.39. The van der Waals surface area contributed by atoms with Crippen molar-refractivity contribution in [3.8, 4) is 0 Å². The second-order valence-corrected chi connectivity index (χ2v) is 8.22. The number of hydrogen-bond acceptors (Lipinski definition) is 8. The maximum atomic E-state index is 13.9. The first kappa shape index (κ1) is 19.7. The second kappa shape index (κ2) is 7.47. The molecule has 0 radical (unpaired) electrons. The van der Waals surface area contributed by atoms with Gasteiger partial charge in [0.25, 0.3) is 0 Å². The van der Waals surface area contributed by atoms with Gasteiger partial charge in [-0.2, -0.15) is 0 Å². The number of aliphatic hydroxyl groups is 2. The van der Waals surface area contributed by atoms with Gasteiger partial charge in [-0.05, 0) is 36.1 Å². The highest BCUT2D eigenvalue weighted by molar-refractivity contribution is 5.34. The number of aliphatic hydroxyl groups excluding tert-OH is 2. The van der Waals surface area contributed by atoms with Crippen LogP contribution in [0.4, 0.5) is 8.78 Å². The summed E-state index contributed by atoms with van der Waals surface area (Å²) in [5.74, 6) is -1.73. The zero-order valence-corrected chi connectivity index (χ0v) is 15.8. The lowest BCUT2D eigenvalue weighted by Gasteiger charge is -2.39. The standard InChI is InChI=1S/C19H26F2N4O4/c20-11-5-8-2-4-28-15(10(8)6-12(11)21)16-13(26)14(27)19(29-16)25-3-1-9-17(22)23-7-24-18(9)25/h5-6,9,13-19,23-24,26-27H,1-4,7,22H2/t9?,13-,14+,15+,16-,17?,18?,19+/m0/s1. The van der Waals surface area contributed by atoms with Crippen molar-refractivity contribution in [2.24, 2.45) is 11.7 Å². The minimum absolute atomic E-state index is 0.0806. The fraction of sp³-hybridized carbons (Fsp3) is 0.684. The largest absolute Gasteiger partial charge is 0.387 e. The van der Waals surface area contributed by atoms with E-state index in [1.165, 1.54) is 6.07 Å². The van der Waals surface area contributed by atoms with Crippen LogP contribution < -0.4 is 16.4 Å². The molecule has 4 aliphatic rings. The van der Waals surface area contributed by atoms with E-state index in [9.17, 15) is 19.0 Å². The number of nitrogens with zero attached hydrogens (tertiary/aromatic N) is 1. The molecule has 3 saturated heterocycles. The lowest BCUT2D eigenvalue weighted by atomic mass is 9.91. The molecule has 0 spiro atoms. The number of benzene rings is 1. The molecule has 3 fully saturated rings. The third-order valence-corrected chi connectivity index (χ3v) is 6.65. The molecule has 29 heavy (non-hydrogen) atoms. The van der Waals surface area contributed by atoms with Gasteiger partial charge in [0.2, 0.25) is 0 Å². The van der Waals surface area contributed by atoms with Crippen LogP contribution in [0.5, 0.6) is 0 Å². The molecule has 0 aromatic heterocycles. The molecule has 8 atom stereocenters. The normalized spacial score (nSPS) is 42.7. The Hall–Kier alpha value is -1.24. The van der Waals surface area contributed by atoms with Crippen molar-refractivity contribution in [2.45, 2.75) is 55.8 Å². The van der Waals surface area contributed by atoms with Crippen LogP contribution in [0.3, 0.4) is 0 Å². The van der Waals surface area contributed by atoms with Crippen LogP contribution in [0.1, 0.15) is 23.7 Å². The molecular weight excluding hydrogens is 386 g/mol. The van der Waals surface area contributed by atoms with E-state index in [0.717, 1.165) is 12.5 Å². The molecule has 4 heterocycles. The average molecular weight is 412 g/mol. The molecule has 5 rings (SSSR count). The maximum Gasteiger partial charge on any atom is 0.159 e. The number of nitrogens with two attached hydrogens (primary N) is 1. The Morgan fingerprint density at radius 2 is 1.93 bits per heavy atom. The molecule has 4 aliphatic heterocycles. The number of halogens is 2. The summed E-state index contributed by atoms with van der Waals surface area (Å²) in [6, 6.07) is 2.27. The minimum Gasteiger partial charge on any atom is -0.387 e. The number of fused-ring (bicyclic) bond motifs is 2. The van der Waals surface area contributed by atoms with Gasteiger partial charge in [0.1, 0.15) is 30.6 Å². The first-order valence-electron chi connectivity index (χ1n) is 10.0. The number of rotatable bonds is 2. The molecule has 0 amide bonds. The van der Waals surface area contributed by atoms with Crippen LogP contribution in [-0.2, 0) is 15.9 Å². The molecule has 1 aromatic carbocycles. The van der Waals surface area contributed by atoms with E-state index in [-0.39, 0.29) is 18.2 Å². The molecular formula is C19H26F2N4O4. The Labute approximate surface area is 166 Å². The lowest BCUT2D eigenvalue weighted by Crippen LogP contribution is -2.64. The summed E-state index contributed by atoms with van der Waals surface area (Å²) in [6.45, 7) is 1.49. The third kappa shape index (κ3) is 3.19. The summed E-state index contributed by atoms with van der Waals surface area (Å²) < 4.78 is 39.4. The van der Waals surface area contributed by atoms with Crippen LogP contribution in [0.15, 0.2) is 12.1 Å². The van der Waals surface area contributed by atoms with Crippen molar-refractivity contribution in [2.75, 3.05) is 19.8 Å². The van der Waals surface area contributed by atoms with Gasteiger partial charge < -0.3 is 25.4 Å². The van der Waals surface area contributed by atoms with Crippen molar-refractivity contribution in [1.82, 2.24) is 15.5 Å². The van der Waals surface area contributed by atoms with Crippen LogP contribution in [0.25, 0.3) is 0 Å². The van der Waals surface area contributed by atoms with E-state index < -0.39 is 42.3 Å². The summed E-state index contributed by atoms with van der Waals surface area (Å²) in [5.41, 5.74) is 7.23. The molecule has 0 bridgehead atoms. The molecule has 6 N–H and O–H groups in total. The highest BCUT2D eigenvalue weighted by Gasteiger charge is 2.54. The fourth-order valence-corrected chi connectivity index (χ4v) is 5.16. The van der Waals surface area contributed by atoms with E-state index in [2.05, 4.69) is 10.6 Å². The van der Waals surface area contributed by atoms with Gasteiger partial charge in [-0.15, -0.1) is 0 Å². The first-order chi connectivity index (χ1) is 14.0. The van der Waals surface area contributed by atoms with E-state index in [4.69, 9.17) is 15.2 Å². The number of hydrogen-bond donors (Lipinski definition) is 5. The third-order valence-electron chi connectivity index (χ3n) is 6.65. The summed E-state index contributed by atoms with van der Waals surface area (Å²) in [6.07, 6.45) is -3.78. The molecule has 3 unspecified atom stereocenters. The lowest BCUT2D eigenvalue weighted by molar-refractivity contribution is -0.142. The summed E-state index contributed by atoms with van der Waals surface area (Å²) in [4.78, 5) is 1.98. The first-order valence-corrected chi connectivity index (χ1v) is 10.0. The van der Waals surface area contributed by atoms with Crippen molar-refractivity contribution in [1.29, 1.82) is 0 Å². The second-order valence-electron chi connectivity index (χ2n) is 8.22. The van der Waals surface area contributed by atoms with Gasteiger partial charge in [-0.3, -0.25) is 15.5 Å². The minimum atomic E-state index is -1.22. The smallest absolute Gasteiger partial charge is 0.159 e. The Morgan fingerprint density at radius 1 is 1.14 bits per heavy atom. The van der Waals surface area contributed by atoms with Gasteiger partial charge in [-0.1, -0.05) is 0 Å². The summed E-state index contributed by atoms with van der Waals surface area (Å²) in [7, 11) is 0. The molecule has 0 aliphatic carbocycles. The Kier molecular flexibility index (Phi) is 5.08. The predicted octanol–water partition coefficient (Wildman–Crippen LogP) is -0.892. The van der Waals surface area contributed by atoms with Gasteiger partial charge >= 0.3 is 0 Å². The fourth-order valence-electron chi connectivity index (χ4n) is 5.16. The molecule has 160 valence electrons. The van der Waals surface area contributed by atoms with Crippen molar-refractivity contribution >= 4 is 0 Å². The van der Waals surface area contributed by atoms with Crippen LogP contribution in [-0.4, -0.2) is 71.8 Å². The van der Waals surface area contributed by atoms with Crippen molar-refractivity contribution < 1.29 is 28.5 Å².